The number of benzene rings is 1. The van der Waals surface area contributed by atoms with E-state index in [-0.39, 0.29) is 18.1 Å². The van der Waals surface area contributed by atoms with Gasteiger partial charge < -0.3 is 10.5 Å². The first-order chi connectivity index (χ1) is 7.58. The molecule has 0 unspecified atom stereocenters. The van der Waals surface area contributed by atoms with Gasteiger partial charge in [0, 0.05) is 0 Å². The topological polar surface area (TPSA) is 52.3 Å². The molecular formula is C12H16FNO2. The van der Waals surface area contributed by atoms with Crippen LogP contribution in [-0.4, -0.2) is 12.6 Å². The summed E-state index contributed by atoms with van der Waals surface area (Å²) < 4.78 is 18.0. The number of ether oxygens (including phenoxy) is 1. The van der Waals surface area contributed by atoms with E-state index in [1.165, 1.54) is 12.1 Å². The van der Waals surface area contributed by atoms with Crippen molar-refractivity contribution in [3.8, 4) is 0 Å². The Morgan fingerprint density at radius 2 is 2.06 bits per heavy atom. The molecule has 0 saturated heterocycles. The van der Waals surface area contributed by atoms with E-state index in [9.17, 15) is 9.18 Å². The Labute approximate surface area is 94.4 Å². The minimum atomic E-state index is -0.440. The highest BCUT2D eigenvalue weighted by molar-refractivity contribution is 5.73. The van der Waals surface area contributed by atoms with E-state index in [1.54, 1.807) is 6.92 Å². The molecule has 2 N–H and O–H groups in total. The van der Waals surface area contributed by atoms with Gasteiger partial charge in [-0.3, -0.25) is 4.79 Å². The molecule has 3 nitrogen and oxygen atoms in total. The first kappa shape index (κ1) is 12.5. The summed E-state index contributed by atoms with van der Waals surface area (Å²) >= 11 is 0. The zero-order valence-corrected chi connectivity index (χ0v) is 9.55. The number of hydrogen-bond donors (Lipinski definition) is 1. The van der Waals surface area contributed by atoms with Crippen LogP contribution >= 0.6 is 0 Å². The fourth-order valence-electron chi connectivity index (χ4n) is 1.54. The van der Waals surface area contributed by atoms with Crippen molar-refractivity contribution < 1.29 is 13.9 Å². The second kappa shape index (κ2) is 5.49. The average Bonchev–Trinajstić information content (AvgIpc) is 2.23. The van der Waals surface area contributed by atoms with Crippen molar-refractivity contribution in [2.45, 2.75) is 26.7 Å². The van der Waals surface area contributed by atoms with Gasteiger partial charge in [0.1, 0.15) is 5.82 Å². The zero-order chi connectivity index (χ0) is 12.1. The molecule has 0 atom stereocenters. The van der Waals surface area contributed by atoms with Crippen molar-refractivity contribution in [1.29, 1.82) is 0 Å². The van der Waals surface area contributed by atoms with Crippen molar-refractivity contribution in [1.82, 2.24) is 0 Å². The van der Waals surface area contributed by atoms with Gasteiger partial charge in [-0.2, -0.15) is 0 Å². The number of hydrogen-bond acceptors (Lipinski definition) is 3. The van der Waals surface area contributed by atoms with E-state index in [4.69, 9.17) is 10.5 Å². The highest BCUT2D eigenvalue weighted by Gasteiger charge is 2.11. The van der Waals surface area contributed by atoms with E-state index in [0.29, 0.717) is 13.0 Å². The average molecular weight is 225 g/mol. The molecule has 0 aliphatic carbocycles. The number of rotatable bonds is 4. The number of anilines is 1. The van der Waals surface area contributed by atoms with Crippen LogP contribution in [-0.2, 0) is 22.4 Å². The van der Waals surface area contributed by atoms with Crippen LogP contribution in [0.1, 0.15) is 25.0 Å². The second-order valence-corrected chi connectivity index (χ2v) is 3.48. The fraction of sp³-hybridized carbons (Fsp3) is 0.417. The molecule has 16 heavy (non-hydrogen) atoms. The number of nitrogen functional groups attached to an aromatic ring is 1. The summed E-state index contributed by atoms with van der Waals surface area (Å²) in [5.41, 5.74) is 7.06. The smallest absolute Gasteiger partial charge is 0.310 e. The Hall–Kier alpha value is -1.58. The molecule has 0 amide bonds. The summed E-state index contributed by atoms with van der Waals surface area (Å²) in [6.07, 6.45) is 0.799. The summed E-state index contributed by atoms with van der Waals surface area (Å²) in [5.74, 6) is -0.757. The molecule has 0 bridgehead atoms. The molecule has 0 fully saturated rings. The van der Waals surface area contributed by atoms with Crippen LogP contribution in [0, 0.1) is 5.82 Å². The third-order valence-electron chi connectivity index (χ3n) is 2.34. The van der Waals surface area contributed by atoms with Crippen LogP contribution in [0.3, 0.4) is 0 Å². The van der Waals surface area contributed by atoms with Crippen LogP contribution in [0.5, 0.6) is 0 Å². The lowest BCUT2D eigenvalue weighted by Gasteiger charge is -2.09. The highest BCUT2D eigenvalue weighted by atomic mass is 19.1. The molecule has 0 radical (unpaired) electrons. The first-order valence-electron chi connectivity index (χ1n) is 5.30. The molecule has 0 heterocycles. The van der Waals surface area contributed by atoms with Crippen LogP contribution in [0.2, 0.25) is 0 Å². The van der Waals surface area contributed by atoms with Gasteiger partial charge in [0.15, 0.2) is 0 Å². The maximum atomic E-state index is 13.2. The van der Waals surface area contributed by atoms with E-state index in [0.717, 1.165) is 11.1 Å². The van der Waals surface area contributed by atoms with Crippen molar-refractivity contribution >= 4 is 11.7 Å². The number of carbonyl (C=O) groups excluding carboxylic acids is 1. The maximum Gasteiger partial charge on any atom is 0.310 e. The minimum absolute atomic E-state index is 0.0662. The van der Waals surface area contributed by atoms with Gasteiger partial charge in [0.05, 0.1) is 18.7 Å². The molecule has 1 aromatic carbocycles. The molecule has 0 saturated carbocycles. The SMILES string of the molecule is CCOC(=O)Cc1cc(N)c(F)cc1CC. The number of nitrogens with two attached hydrogens (primary N) is 1. The normalized spacial score (nSPS) is 10.2. The molecule has 1 rings (SSSR count). The van der Waals surface area contributed by atoms with Crippen LogP contribution < -0.4 is 5.73 Å². The Balaban J connectivity index is 2.94. The van der Waals surface area contributed by atoms with Crippen molar-refractivity contribution in [3.05, 3.63) is 29.1 Å². The standard InChI is InChI=1S/C12H16FNO2/c1-3-8-5-10(13)11(14)6-9(8)7-12(15)16-4-2/h5-6H,3-4,7,14H2,1-2H3. The Bertz CT molecular complexity index is 391. The molecule has 4 heteroatoms. The highest BCUT2D eigenvalue weighted by Crippen LogP contribution is 2.19. The Morgan fingerprint density at radius 3 is 2.62 bits per heavy atom. The second-order valence-electron chi connectivity index (χ2n) is 3.48. The van der Waals surface area contributed by atoms with E-state index in [2.05, 4.69) is 0 Å². The lowest BCUT2D eigenvalue weighted by molar-refractivity contribution is -0.142. The van der Waals surface area contributed by atoms with Crippen LogP contribution in [0.25, 0.3) is 0 Å². The first-order valence-corrected chi connectivity index (χ1v) is 5.30. The van der Waals surface area contributed by atoms with Gasteiger partial charge in [0.2, 0.25) is 0 Å². The zero-order valence-electron chi connectivity index (χ0n) is 9.55. The summed E-state index contributed by atoms with van der Waals surface area (Å²) in [6, 6.07) is 2.88. The predicted molar refractivity (Wildman–Crippen MR) is 60.5 cm³/mol. The molecule has 0 aliphatic rings. The monoisotopic (exact) mass is 225 g/mol. The van der Waals surface area contributed by atoms with Crippen molar-refractivity contribution in [2.75, 3.05) is 12.3 Å². The number of halogens is 1. The number of carbonyl (C=O) groups is 1. The quantitative estimate of drug-likeness (QED) is 0.630. The fourth-order valence-corrected chi connectivity index (χ4v) is 1.54. The van der Waals surface area contributed by atoms with E-state index in [1.807, 2.05) is 6.92 Å². The van der Waals surface area contributed by atoms with Gasteiger partial charge in [-0.25, -0.2) is 4.39 Å². The van der Waals surface area contributed by atoms with Crippen LogP contribution in [0.15, 0.2) is 12.1 Å². The molecule has 0 aliphatic heterocycles. The Morgan fingerprint density at radius 1 is 1.38 bits per heavy atom. The van der Waals surface area contributed by atoms with Crippen molar-refractivity contribution in [2.24, 2.45) is 0 Å². The lowest BCUT2D eigenvalue weighted by Crippen LogP contribution is -2.10. The maximum absolute atomic E-state index is 13.2. The minimum Gasteiger partial charge on any atom is -0.466 e. The third kappa shape index (κ3) is 2.95. The molecule has 0 aromatic heterocycles. The Kier molecular flexibility index (Phi) is 4.28. The van der Waals surface area contributed by atoms with Gasteiger partial charge in [-0.1, -0.05) is 6.92 Å². The van der Waals surface area contributed by atoms with Gasteiger partial charge in [0.25, 0.3) is 0 Å². The molecule has 0 spiro atoms. The number of esters is 1. The van der Waals surface area contributed by atoms with Gasteiger partial charge in [-0.05, 0) is 36.6 Å². The third-order valence-corrected chi connectivity index (χ3v) is 2.34. The van der Waals surface area contributed by atoms with E-state index < -0.39 is 5.82 Å². The summed E-state index contributed by atoms with van der Waals surface area (Å²) in [7, 11) is 0. The van der Waals surface area contributed by atoms with E-state index >= 15 is 0 Å². The van der Waals surface area contributed by atoms with Gasteiger partial charge in [-0.15, -0.1) is 0 Å². The van der Waals surface area contributed by atoms with Gasteiger partial charge >= 0.3 is 5.97 Å². The largest absolute Gasteiger partial charge is 0.466 e. The van der Waals surface area contributed by atoms with Crippen LogP contribution in [0.4, 0.5) is 10.1 Å². The summed E-state index contributed by atoms with van der Waals surface area (Å²) in [5, 5.41) is 0. The molecule has 1 aromatic rings. The molecule has 88 valence electrons. The predicted octanol–water partition coefficient (Wildman–Crippen LogP) is 2.08. The lowest BCUT2D eigenvalue weighted by atomic mass is 10.0. The van der Waals surface area contributed by atoms with Crippen molar-refractivity contribution in [3.63, 3.8) is 0 Å². The summed E-state index contributed by atoms with van der Waals surface area (Å²) in [6.45, 7) is 3.99. The molecular weight excluding hydrogens is 209 g/mol. The summed E-state index contributed by atoms with van der Waals surface area (Å²) in [4.78, 5) is 11.3. The number of aryl methyl sites for hydroxylation is 1.